The molecule has 0 amide bonds. The number of ether oxygens (including phenoxy) is 5. The first kappa shape index (κ1) is 32.3. The molecular formula is C29H49BrNO9+. The van der Waals surface area contributed by atoms with Crippen LogP contribution in [0.5, 0.6) is 0 Å². The van der Waals surface area contributed by atoms with Crippen LogP contribution in [0.25, 0.3) is 0 Å². The van der Waals surface area contributed by atoms with Crippen molar-refractivity contribution in [1.82, 2.24) is 0 Å². The van der Waals surface area contributed by atoms with Crippen molar-refractivity contribution >= 4 is 21.9 Å². The molecule has 3 N–H and O–H groups in total. The van der Waals surface area contributed by atoms with Gasteiger partial charge in [0.15, 0.2) is 24.2 Å². The molecule has 4 rings (SSSR count). The second-order valence-electron chi connectivity index (χ2n) is 13.4. The molecule has 3 fully saturated rings. The van der Waals surface area contributed by atoms with Crippen molar-refractivity contribution in [3.63, 3.8) is 0 Å². The third-order valence-corrected chi connectivity index (χ3v) is 10.2. The molecule has 11 heteroatoms. The molecule has 2 unspecified atom stereocenters. The van der Waals surface area contributed by atoms with Gasteiger partial charge >= 0.3 is 5.97 Å². The van der Waals surface area contributed by atoms with E-state index >= 15 is 0 Å². The highest BCUT2D eigenvalue weighted by atomic mass is 79.9. The van der Waals surface area contributed by atoms with Crippen molar-refractivity contribution < 1.29 is 48.5 Å². The molecule has 0 saturated carbocycles. The van der Waals surface area contributed by atoms with E-state index in [1.54, 1.807) is 21.0 Å². The number of carbonyl (C=O) groups is 1. The van der Waals surface area contributed by atoms with E-state index in [2.05, 4.69) is 22.9 Å². The smallest absolute Gasteiger partial charge is 0.311 e. The van der Waals surface area contributed by atoms with E-state index < -0.39 is 76.2 Å². The van der Waals surface area contributed by atoms with Gasteiger partial charge in [-0.2, -0.15) is 4.65 Å². The van der Waals surface area contributed by atoms with Crippen molar-refractivity contribution in [3.05, 3.63) is 11.6 Å². The van der Waals surface area contributed by atoms with Gasteiger partial charge in [-0.25, -0.2) is 5.21 Å². The molecule has 4 heterocycles. The number of quaternary nitrogens is 1. The fourth-order valence-corrected chi connectivity index (χ4v) is 7.99. The van der Waals surface area contributed by atoms with E-state index in [0.717, 1.165) is 5.57 Å². The summed E-state index contributed by atoms with van der Waals surface area (Å²) in [6.45, 7) is 13.2. The van der Waals surface area contributed by atoms with Gasteiger partial charge < -0.3 is 33.9 Å². The number of hydrogen-bond acceptors (Lipinski definition) is 9. The first-order chi connectivity index (χ1) is 18.4. The summed E-state index contributed by atoms with van der Waals surface area (Å²) >= 11 is 3.63. The largest absolute Gasteiger partial charge is 0.459 e. The monoisotopic (exact) mass is 634 g/mol. The van der Waals surface area contributed by atoms with Crippen LogP contribution in [0.4, 0.5) is 0 Å². The number of likely N-dealkylation sites (N-methyl/N-ethyl adjacent to an activating group) is 1. The number of halogens is 1. The van der Waals surface area contributed by atoms with Crippen LogP contribution < -0.4 is 0 Å². The average Bonchev–Trinajstić information content (AvgIpc) is 3.31. The molecule has 3 saturated heterocycles. The normalized spacial score (nSPS) is 50.1. The van der Waals surface area contributed by atoms with Gasteiger partial charge in [-0.15, -0.1) is 0 Å². The van der Waals surface area contributed by atoms with Gasteiger partial charge in [0.25, 0.3) is 0 Å². The Morgan fingerprint density at radius 2 is 1.77 bits per heavy atom. The number of aliphatic hydroxyl groups is 2. The number of carbonyl (C=O) groups excluding carboxylic acids is 1. The quantitative estimate of drug-likeness (QED) is 0.137. The molecule has 13 atom stereocenters. The van der Waals surface area contributed by atoms with Crippen molar-refractivity contribution in [2.45, 2.75) is 128 Å². The lowest BCUT2D eigenvalue weighted by atomic mass is 9.78. The van der Waals surface area contributed by atoms with Crippen LogP contribution in [0.2, 0.25) is 0 Å². The van der Waals surface area contributed by atoms with Crippen LogP contribution in [0.1, 0.15) is 67.7 Å². The Balaban J connectivity index is 1.79. The average molecular weight is 636 g/mol. The zero-order chi connectivity index (χ0) is 30.0. The van der Waals surface area contributed by atoms with Crippen LogP contribution in [0, 0.1) is 17.8 Å². The Morgan fingerprint density at radius 1 is 1.12 bits per heavy atom. The van der Waals surface area contributed by atoms with Crippen LogP contribution in [-0.2, 0) is 28.5 Å². The molecule has 10 nitrogen and oxygen atoms in total. The standard InChI is InChI=1S/C29H49BrNO9/c1-10-21-27(6)13-19(14-30)29(39-27)15(2)12-28(7,40-29)24(17(4)22(32)18(5)25(34)37-21)38-26-23(33)20(31(8,9)35)11-16(3)36-26/h13,15-18,20-24,26,32-33,35H,10-12,14H2,1-9H3/q+1/t15-,16-,17+,18-,20+,21-,22+,23-,24-,26+,27?,28-,29?/m1/s1. The Morgan fingerprint density at radius 3 is 2.35 bits per heavy atom. The summed E-state index contributed by atoms with van der Waals surface area (Å²) in [4.78, 5) is 13.4. The predicted octanol–water partition coefficient (Wildman–Crippen LogP) is 3.29. The summed E-state index contributed by atoms with van der Waals surface area (Å²) in [6, 6.07) is -0.551. The number of aliphatic hydroxyl groups excluding tert-OH is 2. The van der Waals surface area contributed by atoms with E-state index in [1.807, 2.05) is 40.7 Å². The third-order valence-electron chi connectivity index (χ3n) is 9.64. The molecule has 0 radical (unpaired) electrons. The van der Waals surface area contributed by atoms with Gasteiger partial charge in [0.2, 0.25) is 0 Å². The number of alkyl halides is 1. The highest BCUT2D eigenvalue weighted by molar-refractivity contribution is 9.09. The molecule has 4 aliphatic rings. The molecule has 230 valence electrons. The molecule has 3 bridgehead atoms. The Labute approximate surface area is 246 Å². The number of hydrogen-bond donors (Lipinski definition) is 3. The SMILES string of the molecule is CC[C@H]1OC(=O)[C@H](C)[C@@H](O)[C@H](C)[C@@H](O[C@@H]2O[C@H](C)C[C@H]([N+](C)(C)O)[C@H]2O)[C@@]2(C)C[C@@H](C)C3(OC1(C)C=C3CBr)O2. The zero-order valence-corrected chi connectivity index (χ0v) is 26.9. The molecule has 40 heavy (non-hydrogen) atoms. The Kier molecular flexibility index (Phi) is 8.99. The molecule has 0 aliphatic carbocycles. The summed E-state index contributed by atoms with van der Waals surface area (Å²) in [7, 11) is 3.22. The molecule has 0 aromatic carbocycles. The highest BCUT2D eigenvalue weighted by Crippen LogP contribution is 2.56. The number of nitrogens with zero attached hydrogens (tertiary/aromatic N) is 1. The van der Waals surface area contributed by atoms with E-state index in [9.17, 15) is 20.2 Å². The molecule has 0 aromatic heterocycles. The summed E-state index contributed by atoms with van der Waals surface area (Å²) in [6.07, 6.45) is -1.55. The summed E-state index contributed by atoms with van der Waals surface area (Å²) in [5.41, 5.74) is -1.02. The maximum Gasteiger partial charge on any atom is 0.311 e. The lowest BCUT2D eigenvalue weighted by Crippen LogP contribution is -2.63. The fraction of sp³-hybridized carbons (Fsp3) is 0.897. The van der Waals surface area contributed by atoms with Crippen molar-refractivity contribution in [2.24, 2.45) is 17.8 Å². The van der Waals surface area contributed by atoms with Gasteiger partial charge in [0, 0.05) is 23.6 Å². The molecule has 4 aliphatic heterocycles. The van der Waals surface area contributed by atoms with Crippen LogP contribution in [-0.4, -0.2) is 105 Å². The maximum atomic E-state index is 13.4. The van der Waals surface area contributed by atoms with E-state index in [4.69, 9.17) is 23.7 Å². The minimum atomic E-state index is -1.14. The minimum Gasteiger partial charge on any atom is -0.459 e. The van der Waals surface area contributed by atoms with Gasteiger partial charge in [-0.3, -0.25) is 4.79 Å². The maximum absolute atomic E-state index is 13.4. The van der Waals surface area contributed by atoms with Gasteiger partial charge in [0.05, 0.1) is 43.9 Å². The number of esters is 1. The highest BCUT2D eigenvalue weighted by Gasteiger charge is 2.65. The molecule has 0 aromatic rings. The molecule has 1 spiro atoms. The first-order valence-electron chi connectivity index (χ1n) is 14.5. The predicted molar refractivity (Wildman–Crippen MR) is 149 cm³/mol. The molecular weight excluding hydrogens is 586 g/mol. The topological polar surface area (TPSA) is 124 Å². The van der Waals surface area contributed by atoms with Gasteiger partial charge in [-0.05, 0) is 52.2 Å². The van der Waals surface area contributed by atoms with E-state index in [1.165, 1.54) is 0 Å². The number of cyclic esters (lactones) is 1. The number of fused-ring (bicyclic) bond motifs is 2. The van der Waals surface area contributed by atoms with Crippen molar-refractivity contribution in [2.75, 3.05) is 19.4 Å². The number of hydroxylamine groups is 3. The van der Waals surface area contributed by atoms with Crippen molar-refractivity contribution in [3.8, 4) is 0 Å². The van der Waals surface area contributed by atoms with Crippen molar-refractivity contribution in [1.29, 1.82) is 0 Å². The van der Waals surface area contributed by atoms with E-state index in [0.29, 0.717) is 24.6 Å². The summed E-state index contributed by atoms with van der Waals surface area (Å²) in [5.74, 6) is -3.21. The Hall–Kier alpha value is -0.630. The lowest BCUT2D eigenvalue weighted by molar-refractivity contribution is -1.09. The van der Waals surface area contributed by atoms with Crippen LogP contribution >= 0.6 is 15.9 Å². The number of rotatable bonds is 5. The van der Waals surface area contributed by atoms with Crippen LogP contribution in [0.3, 0.4) is 0 Å². The second-order valence-corrected chi connectivity index (χ2v) is 14.0. The summed E-state index contributed by atoms with van der Waals surface area (Å²) < 4.78 is 32.0. The van der Waals surface area contributed by atoms with Gasteiger partial charge in [-0.1, -0.05) is 36.7 Å². The second kappa shape index (κ2) is 11.1. The van der Waals surface area contributed by atoms with E-state index in [-0.39, 0.29) is 12.0 Å². The Bertz CT molecular complexity index is 989. The lowest BCUT2D eigenvalue weighted by Gasteiger charge is -2.47. The minimum absolute atomic E-state index is 0.109. The first-order valence-corrected chi connectivity index (χ1v) is 15.7. The van der Waals surface area contributed by atoms with Gasteiger partial charge in [0.1, 0.15) is 11.7 Å². The van der Waals surface area contributed by atoms with Crippen LogP contribution in [0.15, 0.2) is 11.6 Å². The summed E-state index contributed by atoms with van der Waals surface area (Å²) in [5, 5.41) is 34.1. The fourth-order valence-electron chi connectivity index (χ4n) is 7.43. The third kappa shape index (κ3) is 5.43. The zero-order valence-electron chi connectivity index (χ0n) is 25.3.